The molecule has 1 N–H and O–H groups in total. The molecule has 1 aromatic rings. The average Bonchev–Trinajstić information content (AvgIpc) is 2.39. The fourth-order valence-electron chi connectivity index (χ4n) is 2.55. The molecule has 0 bridgehead atoms. The predicted octanol–water partition coefficient (Wildman–Crippen LogP) is 3.29. The van der Waals surface area contributed by atoms with Crippen LogP contribution in [0.3, 0.4) is 0 Å². The zero-order chi connectivity index (χ0) is 11.7. The van der Waals surface area contributed by atoms with E-state index in [0.717, 1.165) is 30.0 Å². The van der Waals surface area contributed by atoms with Crippen LogP contribution in [0.2, 0.25) is 5.02 Å². The molecule has 0 saturated carbocycles. The molecule has 3 heteroatoms. The predicted molar refractivity (Wildman–Crippen MR) is 68.9 cm³/mol. The number of benzene rings is 1. The Morgan fingerprint density at radius 1 is 1.12 bits per heavy atom. The van der Waals surface area contributed by atoms with Crippen molar-refractivity contribution >= 4 is 11.6 Å². The van der Waals surface area contributed by atoms with Crippen molar-refractivity contribution < 1.29 is 4.74 Å². The maximum atomic E-state index is 5.89. The highest BCUT2D eigenvalue weighted by Gasteiger charge is 2.31. The molecule has 2 nitrogen and oxygen atoms in total. The van der Waals surface area contributed by atoms with Crippen LogP contribution in [0, 0.1) is 5.92 Å². The fourth-order valence-corrected chi connectivity index (χ4v) is 2.68. The van der Waals surface area contributed by atoms with Gasteiger partial charge in [-0.25, -0.2) is 0 Å². The van der Waals surface area contributed by atoms with Crippen LogP contribution in [-0.4, -0.2) is 12.6 Å². The highest BCUT2D eigenvalue weighted by atomic mass is 35.5. The Hall–Kier alpha value is -0.830. The number of hydrogen-bond acceptors (Lipinski definition) is 2. The third-order valence-electron chi connectivity index (χ3n) is 3.58. The molecular weight excluding hydrogens is 234 g/mol. The molecule has 90 valence electrons. The molecule has 1 saturated heterocycles. The first-order chi connectivity index (χ1) is 8.33. The highest BCUT2D eigenvalue weighted by Crippen LogP contribution is 2.29. The largest absolute Gasteiger partial charge is 0.359 e. The summed E-state index contributed by atoms with van der Waals surface area (Å²) in [6, 6.07) is 8.43. The summed E-state index contributed by atoms with van der Waals surface area (Å²) in [4.78, 5) is 0. The Labute approximate surface area is 107 Å². The SMILES string of the molecule is Clc1ccc([C@@H]2N[C@@H]3CC=CC[C@H]3CO2)cc1. The molecule has 1 aliphatic carbocycles. The van der Waals surface area contributed by atoms with Crippen LogP contribution in [0.5, 0.6) is 0 Å². The standard InChI is InChI=1S/C14H16ClNO/c15-12-7-5-10(6-8-12)14-16-13-4-2-1-3-11(13)9-17-14/h1-2,5-8,11,13-14,16H,3-4,9H2/t11-,13+,14+/m0/s1. The lowest BCUT2D eigenvalue weighted by Gasteiger charge is -2.38. The summed E-state index contributed by atoms with van der Waals surface area (Å²) < 4.78 is 5.89. The molecule has 3 rings (SSSR count). The number of allylic oxidation sites excluding steroid dienone is 1. The first-order valence-electron chi connectivity index (χ1n) is 6.11. The van der Waals surface area contributed by atoms with Crippen molar-refractivity contribution in [2.45, 2.75) is 25.1 Å². The summed E-state index contributed by atoms with van der Waals surface area (Å²) in [5.41, 5.74) is 1.16. The molecule has 3 atom stereocenters. The second kappa shape index (κ2) is 4.81. The van der Waals surface area contributed by atoms with Gasteiger partial charge in [-0.15, -0.1) is 0 Å². The number of fused-ring (bicyclic) bond motifs is 1. The van der Waals surface area contributed by atoms with Crippen LogP contribution in [0.1, 0.15) is 24.6 Å². The summed E-state index contributed by atoms with van der Waals surface area (Å²) in [6.07, 6.45) is 6.77. The molecule has 1 aliphatic heterocycles. The molecule has 0 spiro atoms. The Balaban J connectivity index is 1.73. The third-order valence-corrected chi connectivity index (χ3v) is 3.83. The van der Waals surface area contributed by atoms with Gasteiger partial charge in [-0.05, 0) is 30.5 Å². The van der Waals surface area contributed by atoms with Crippen molar-refractivity contribution in [2.75, 3.05) is 6.61 Å². The van der Waals surface area contributed by atoms with E-state index in [1.807, 2.05) is 24.3 Å². The van der Waals surface area contributed by atoms with Gasteiger partial charge in [-0.1, -0.05) is 35.9 Å². The summed E-state index contributed by atoms with van der Waals surface area (Å²) >= 11 is 5.89. The number of nitrogens with one attached hydrogen (secondary N) is 1. The molecule has 0 radical (unpaired) electrons. The lowest BCUT2D eigenvalue weighted by molar-refractivity contribution is -0.0536. The first-order valence-corrected chi connectivity index (χ1v) is 6.49. The van der Waals surface area contributed by atoms with Crippen molar-refractivity contribution in [3.63, 3.8) is 0 Å². The molecule has 1 fully saturated rings. The van der Waals surface area contributed by atoms with E-state index in [2.05, 4.69) is 17.5 Å². The monoisotopic (exact) mass is 249 g/mol. The van der Waals surface area contributed by atoms with Gasteiger partial charge in [0, 0.05) is 17.0 Å². The summed E-state index contributed by atoms with van der Waals surface area (Å²) in [6.45, 7) is 0.843. The quantitative estimate of drug-likeness (QED) is 0.772. The number of ether oxygens (including phenoxy) is 1. The van der Waals surface area contributed by atoms with Gasteiger partial charge in [0.15, 0.2) is 0 Å². The van der Waals surface area contributed by atoms with E-state index < -0.39 is 0 Å². The van der Waals surface area contributed by atoms with Gasteiger partial charge in [-0.3, -0.25) is 5.32 Å². The van der Waals surface area contributed by atoms with Gasteiger partial charge in [-0.2, -0.15) is 0 Å². The number of rotatable bonds is 1. The van der Waals surface area contributed by atoms with Gasteiger partial charge in [0.25, 0.3) is 0 Å². The van der Waals surface area contributed by atoms with Gasteiger partial charge >= 0.3 is 0 Å². The van der Waals surface area contributed by atoms with E-state index in [1.54, 1.807) is 0 Å². The van der Waals surface area contributed by atoms with Gasteiger partial charge < -0.3 is 4.74 Å². The molecule has 0 amide bonds. The number of halogens is 1. The molecule has 2 aliphatic rings. The Morgan fingerprint density at radius 2 is 1.88 bits per heavy atom. The van der Waals surface area contributed by atoms with Gasteiger partial charge in [0.2, 0.25) is 0 Å². The summed E-state index contributed by atoms with van der Waals surface area (Å²) in [7, 11) is 0. The van der Waals surface area contributed by atoms with Crippen LogP contribution >= 0.6 is 11.6 Å². The molecule has 0 aromatic heterocycles. The molecule has 0 unspecified atom stereocenters. The Bertz CT molecular complexity index is 415. The lowest BCUT2D eigenvalue weighted by atomic mass is 9.88. The van der Waals surface area contributed by atoms with Gasteiger partial charge in [0.1, 0.15) is 6.23 Å². The van der Waals surface area contributed by atoms with Gasteiger partial charge in [0.05, 0.1) is 6.61 Å². The Kier molecular flexibility index (Phi) is 3.19. The maximum Gasteiger partial charge on any atom is 0.134 e. The molecule has 1 heterocycles. The normalized spacial score (nSPS) is 32.2. The van der Waals surface area contributed by atoms with Crippen LogP contribution in [0.15, 0.2) is 36.4 Å². The summed E-state index contributed by atoms with van der Waals surface area (Å²) in [5.74, 6) is 0.628. The maximum absolute atomic E-state index is 5.89. The second-order valence-corrected chi connectivity index (χ2v) is 5.18. The minimum Gasteiger partial charge on any atom is -0.359 e. The number of hydrogen-bond donors (Lipinski definition) is 1. The average molecular weight is 250 g/mol. The Morgan fingerprint density at radius 3 is 2.71 bits per heavy atom. The minimum absolute atomic E-state index is 0.0139. The highest BCUT2D eigenvalue weighted by molar-refractivity contribution is 6.30. The molecule has 17 heavy (non-hydrogen) atoms. The zero-order valence-corrected chi connectivity index (χ0v) is 10.4. The van der Waals surface area contributed by atoms with E-state index in [9.17, 15) is 0 Å². The van der Waals surface area contributed by atoms with E-state index >= 15 is 0 Å². The van der Waals surface area contributed by atoms with Crippen molar-refractivity contribution in [1.29, 1.82) is 0 Å². The van der Waals surface area contributed by atoms with Crippen molar-refractivity contribution in [3.8, 4) is 0 Å². The van der Waals surface area contributed by atoms with Crippen molar-refractivity contribution in [1.82, 2.24) is 5.32 Å². The molecule has 1 aromatic carbocycles. The van der Waals surface area contributed by atoms with Crippen LogP contribution in [-0.2, 0) is 4.74 Å². The van der Waals surface area contributed by atoms with Crippen molar-refractivity contribution in [3.05, 3.63) is 47.0 Å². The minimum atomic E-state index is 0.0139. The second-order valence-electron chi connectivity index (χ2n) is 4.74. The van der Waals surface area contributed by atoms with E-state index in [0.29, 0.717) is 12.0 Å². The van der Waals surface area contributed by atoms with Crippen molar-refractivity contribution in [2.24, 2.45) is 5.92 Å². The first kappa shape index (κ1) is 11.3. The van der Waals surface area contributed by atoms with Crippen LogP contribution in [0.25, 0.3) is 0 Å². The van der Waals surface area contributed by atoms with E-state index in [-0.39, 0.29) is 6.23 Å². The summed E-state index contributed by atoms with van der Waals surface area (Å²) in [5, 5.41) is 4.34. The van der Waals surface area contributed by atoms with Crippen LogP contribution < -0.4 is 5.32 Å². The van der Waals surface area contributed by atoms with E-state index in [1.165, 1.54) is 0 Å². The zero-order valence-electron chi connectivity index (χ0n) is 9.60. The third kappa shape index (κ3) is 2.39. The smallest absolute Gasteiger partial charge is 0.134 e. The lowest BCUT2D eigenvalue weighted by Crippen LogP contribution is -2.47. The topological polar surface area (TPSA) is 21.3 Å². The van der Waals surface area contributed by atoms with E-state index in [4.69, 9.17) is 16.3 Å². The fraction of sp³-hybridized carbons (Fsp3) is 0.429. The molecular formula is C14H16ClNO. The van der Waals surface area contributed by atoms with Crippen LogP contribution in [0.4, 0.5) is 0 Å².